The van der Waals surface area contributed by atoms with Crippen LogP contribution in [-0.2, 0) is 0 Å². The monoisotopic (exact) mass is 167 g/mol. The molecule has 0 bridgehead atoms. The third kappa shape index (κ3) is 1.52. The zero-order chi connectivity index (χ0) is 8.44. The Bertz CT molecular complexity index is 145. The van der Waals surface area contributed by atoms with Crippen LogP contribution < -0.4 is 5.32 Å². The van der Waals surface area contributed by atoms with Gasteiger partial charge in [0.05, 0.1) is 0 Å². The summed E-state index contributed by atoms with van der Waals surface area (Å²) < 4.78 is 0. The lowest BCUT2D eigenvalue weighted by molar-refractivity contribution is 0.389. The van der Waals surface area contributed by atoms with Gasteiger partial charge in [-0.05, 0) is 44.2 Å². The largest absolute Gasteiger partial charge is 0.319 e. The molecular formula is C11H21N. The molecule has 2 fully saturated rings. The highest BCUT2D eigenvalue weighted by Gasteiger charge is 2.52. The summed E-state index contributed by atoms with van der Waals surface area (Å²) in [7, 11) is 2.09. The van der Waals surface area contributed by atoms with Crippen molar-refractivity contribution in [3.05, 3.63) is 0 Å². The van der Waals surface area contributed by atoms with Gasteiger partial charge in [-0.2, -0.15) is 0 Å². The van der Waals surface area contributed by atoms with E-state index in [1.165, 1.54) is 51.5 Å². The Morgan fingerprint density at radius 1 is 1.17 bits per heavy atom. The minimum Gasteiger partial charge on any atom is -0.319 e. The maximum atomic E-state index is 3.32. The maximum absolute atomic E-state index is 3.32. The summed E-state index contributed by atoms with van der Waals surface area (Å²) in [5, 5.41) is 3.32. The lowest BCUT2D eigenvalue weighted by Crippen LogP contribution is -2.14. The van der Waals surface area contributed by atoms with Gasteiger partial charge >= 0.3 is 0 Å². The first-order valence-corrected chi connectivity index (χ1v) is 5.52. The molecule has 2 saturated carbocycles. The molecule has 0 aromatic rings. The fraction of sp³-hybridized carbons (Fsp3) is 1.00. The number of hydrogen-bond acceptors (Lipinski definition) is 1. The highest BCUT2D eigenvalue weighted by molar-refractivity contribution is 5.03. The van der Waals surface area contributed by atoms with Crippen LogP contribution >= 0.6 is 0 Å². The normalized spacial score (nSPS) is 33.2. The molecule has 0 radical (unpaired) electrons. The second-order valence-corrected chi connectivity index (χ2v) is 4.74. The molecule has 0 aromatic carbocycles. The number of hydrogen-bond donors (Lipinski definition) is 1. The Balaban J connectivity index is 1.86. The molecule has 0 saturated heterocycles. The summed E-state index contributed by atoms with van der Waals surface area (Å²) in [6.45, 7) is 1.26. The summed E-state index contributed by atoms with van der Waals surface area (Å²) in [5.41, 5.74) is 0.819. The molecule has 0 aliphatic heterocycles. The Labute approximate surface area is 75.9 Å². The standard InChI is InChI=1S/C11H21N/c1-12-9-10-8-11(10)6-4-2-3-5-7-11/h10,12H,2-9H2,1H3. The molecular weight excluding hydrogens is 146 g/mol. The second kappa shape index (κ2) is 3.37. The van der Waals surface area contributed by atoms with Crippen molar-refractivity contribution in [2.24, 2.45) is 11.3 Å². The van der Waals surface area contributed by atoms with Crippen molar-refractivity contribution < 1.29 is 0 Å². The summed E-state index contributed by atoms with van der Waals surface area (Å²) >= 11 is 0. The first-order valence-electron chi connectivity index (χ1n) is 5.52. The van der Waals surface area contributed by atoms with Gasteiger partial charge in [-0.1, -0.05) is 25.7 Å². The molecule has 0 heterocycles. The van der Waals surface area contributed by atoms with Crippen LogP contribution in [0.25, 0.3) is 0 Å². The van der Waals surface area contributed by atoms with E-state index in [0.717, 1.165) is 11.3 Å². The minimum atomic E-state index is 0.819. The van der Waals surface area contributed by atoms with Gasteiger partial charge in [0, 0.05) is 0 Å². The van der Waals surface area contributed by atoms with E-state index in [1.54, 1.807) is 0 Å². The van der Waals surface area contributed by atoms with E-state index in [2.05, 4.69) is 12.4 Å². The second-order valence-electron chi connectivity index (χ2n) is 4.74. The van der Waals surface area contributed by atoms with Crippen molar-refractivity contribution >= 4 is 0 Å². The van der Waals surface area contributed by atoms with Gasteiger partial charge < -0.3 is 5.32 Å². The lowest BCUT2D eigenvalue weighted by Gasteiger charge is -2.13. The van der Waals surface area contributed by atoms with Crippen LogP contribution in [0.3, 0.4) is 0 Å². The summed E-state index contributed by atoms with van der Waals surface area (Å²) in [5.74, 6) is 1.03. The Morgan fingerprint density at radius 3 is 2.42 bits per heavy atom. The van der Waals surface area contributed by atoms with Crippen molar-refractivity contribution in [1.29, 1.82) is 0 Å². The molecule has 1 atom stereocenters. The van der Waals surface area contributed by atoms with E-state index in [1.807, 2.05) is 0 Å². The van der Waals surface area contributed by atoms with Crippen molar-refractivity contribution in [3.63, 3.8) is 0 Å². The Kier molecular flexibility index (Phi) is 2.40. The highest BCUT2D eigenvalue weighted by Crippen LogP contribution is 2.60. The van der Waals surface area contributed by atoms with Gasteiger partial charge in [0.15, 0.2) is 0 Å². The topological polar surface area (TPSA) is 12.0 Å². The molecule has 1 nitrogen and oxygen atoms in total. The van der Waals surface area contributed by atoms with Crippen LogP contribution in [0.4, 0.5) is 0 Å². The smallest absolute Gasteiger partial charge is 0.00180 e. The van der Waals surface area contributed by atoms with Crippen LogP contribution in [0.5, 0.6) is 0 Å². The molecule has 0 amide bonds. The Morgan fingerprint density at radius 2 is 1.83 bits per heavy atom. The van der Waals surface area contributed by atoms with Crippen LogP contribution in [-0.4, -0.2) is 13.6 Å². The molecule has 70 valence electrons. The van der Waals surface area contributed by atoms with Gasteiger partial charge in [0.1, 0.15) is 0 Å². The van der Waals surface area contributed by atoms with Crippen LogP contribution in [0, 0.1) is 11.3 Å². The van der Waals surface area contributed by atoms with Crippen LogP contribution in [0.2, 0.25) is 0 Å². The fourth-order valence-corrected chi connectivity index (χ4v) is 3.01. The molecule has 0 aromatic heterocycles. The molecule has 1 spiro atoms. The average molecular weight is 167 g/mol. The van der Waals surface area contributed by atoms with E-state index in [4.69, 9.17) is 0 Å². The van der Waals surface area contributed by atoms with Crippen LogP contribution in [0.1, 0.15) is 44.9 Å². The first kappa shape index (κ1) is 8.55. The predicted molar refractivity (Wildman–Crippen MR) is 52.2 cm³/mol. The van der Waals surface area contributed by atoms with Crippen molar-refractivity contribution in [2.75, 3.05) is 13.6 Å². The summed E-state index contributed by atoms with van der Waals surface area (Å²) in [4.78, 5) is 0. The third-order valence-corrected chi connectivity index (χ3v) is 3.91. The summed E-state index contributed by atoms with van der Waals surface area (Å²) in [6.07, 6.45) is 10.6. The summed E-state index contributed by atoms with van der Waals surface area (Å²) in [6, 6.07) is 0. The van der Waals surface area contributed by atoms with Gasteiger partial charge in [0.25, 0.3) is 0 Å². The van der Waals surface area contributed by atoms with E-state index in [-0.39, 0.29) is 0 Å². The first-order chi connectivity index (χ1) is 5.87. The molecule has 1 heteroatoms. The zero-order valence-electron chi connectivity index (χ0n) is 8.23. The van der Waals surface area contributed by atoms with E-state index < -0.39 is 0 Å². The van der Waals surface area contributed by atoms with Gasteiger partial charge in [0.2, 0.25) is 0 Å². The van der Waals surface area contributed by atoms with Crippen LogP contribution in [0.15, 0.2) is 0 Å². The number of nitrogens with one attached hydrogen (secondary N) is 1. The fourth-order valence-electron chi connectivity index (χ4n) is 3.01. The van der Waals surface area contributed by atoms with E-state index in [0.29, 0.717) is 0 Å². The third-order valence-electron chi connectivity index (χ3n) is 3.91. The van der Waals surface area contributed by atoms with Gasteiger partial charge in [-0.3, -0.25) is 0 Å². The Hall–Kier alpha value is -0.0400. The minimum absolute atomic E-state index is 0.819. The van der Waals surface area contributed by atoms with Gasteiger partial charge in [-0.25, -0.2) is 0 Å². The van der Waals surface area contributed by atoms with Crippen molar-refractivity contribution in [1.82, 2.24) is 5.32 Å². The van der Waals surface area contributed by atoms with Gasteiger partial charge in [-0.15, -0.1) is 0 Å². The van der Waals surface area contributed by atoms with E-state index >= 15 is 0 Å². The van der Waals surface area contributed by atoms with Crippen molar-refractivity contribution in [2.45, 2.75) is 44.9 Å². The number of rotatable bonds is 2. The molecule has 2 rings (SSSR count). The predicted octanol–water partition coefficient (Wildman–Crippen LogP) is 2.57. The van der Waals surface area contributed by atoms with Crippen molar-refractivity contribution in [3.8, 4) is 0 Å². The molecule has 1 unspecified atom stereocenters. The lowest BCUT2D eigenvalue weighted by atomic mass is 9.94. The maximum Gasteiger partial charge on any atom is -0.00180 e. The highest BCUT2D eigenvalue weighted by atomic mass is 14.8. The quantitative estimate of drug-likeness (QED) is 0.666. The average Bonchev–Trinajstić information content (AvgIpc) is 2.79. The molecule has 2 aliphatic carbocycles. The molecule has 1 N–H and O–H groups in total. The zero-order valence-corrected chi connectivity index (χ0v) is 8.23. The molecule has 2 aliphatic rings. The molecule has 12 heavy (non-hydrogen) atoms. The SMILES string of the molecule is CNCC1CC12CCCCCC2. The van der Waals surface area contributed by atoms with E-state index in [9.17, 15) is 0 Å².